The van der Waals surface area contributed by atoms with E-state index >= 15 is 0 Å². The van der Waals surface area contributed by atoms with E-state index in [1.165, 1.54) is 16.9 Å². The Labute approximate surface area is 127 Å². The lowest BCUT2D eigenvalue weighted by molar-refractivity contribution is 0.0997. The molecule has 0 saturated carbocycles. The molecule has 0 bridgehead atoms. The summed E-state index contributed by atoms with van der Waals surface area (Å²) in [5, 5.41) is 1.01. The highest BCUT2D eigenvalue weighted by atomic mass is 32.1. The van der Waals surface area contributed by atoms with Gasteiger partial charge < -0.3 is 10.6 Å². The number of aryl methyl sites for hydroxylation is 1. The van der Waals surface area contributed by atoms with Crippen molar-refractivity contribution >= 4 is 38.7 Å². The van der Waals surface area contributed by atoms with Crippen molar-refractivity contribution in [2.45, 2.75) is 6.92 Å². The average Bonchev–Trinajstić information content (AvgIpc) is 2.89. The number of rotatable bonds is 2. The Kier molecular flexibility index (Phi) is 3.39. The van der Waals surface area contributed by atoms with Crippen LogP contribution in [-0.4, -0.2) is 13.0 Å². The molecule has 0 radical (unpaired) electrons. The van der Waals surface area contributed by atoms with Crippen molar-refractivity contribution in [2.75, 3.05) is 17.7 Å². The zero-order valence-corrected chi connectivity index (χ0v) is 12.8. The lowest BCUT2D eigenvalue weighted by atomic mass is 10.2. The number of hydrogen-bond donors (Lipinski definition) is 1. The zero-order chi connectivity index (χ0) is 15.0. The number of fused-ring (bicyclic) bond motifs is 1. The van der Waals surface area contributed by atoms with Crippen molar-refractivity contribution in [3.8, 4) is 0 Å². The molecule has 1 aromatic heterocycles. The van der Waals surface area contributed by atoms with Gasteiger partial charge in [-0.05, 0) is 48.7 Å². The molecule has 21 heavy (non-hydrogen) atoms. The molecule has 0 fully saturated rings. The van der Waals surface area contributed by atoms with E-state index in [4.69, 9.17) is 5.73 Å². The number of anilines is 2. The van der Waals surface area contributed by atoms with Gasteiger partial charge in [-0.2, -0.15) is 0 Å². The molecule has 0 spiro atoms. The maximum absolute atomic E-state index is 12.6. The van der Waals surface area contributed by atoms with E-state index in [9.17, 15) is 4.79 Å². The third-order valence-electron chi connectivity index (χ3n) is 3.48. The molecule has 0 aliphatic carbocycles. The van der Waals surface area contributed by atoms with Crippen LogP contribution >= 0.6 is 11.3 Å². The van der Waals surface area contributed by atoms with Crippen molar-refractivity contribution in [3.63, 3.8) is 0 Å². The quantitative estimate of drug-likeness (QED) is 0.725. The molecule has 4 heteroatoms. The molecule has 0 atom stereocenters. The minimum Gasteiger partial charge on any atom is -0.399 e. The van der Waals surface area contributed by atoms with Gasteiger partial charge in [-0.15, -0.1) is 11.3 Å². The SMILES string of the molecule is Cc1ccc(N(C)C(=O)c2cc3cc(N)ccc3s2)cc1. The van der Waals surface area contributed by atoms with E-state index in [-0.39, 0.29) is 5.91 Å². The lowest BCUT2D eigenvalue weighted by Crippen LogP contribution is -2.25. The second-order valence-corrected chi connectivity index (χ2v) is 6.19. The first kappa shape index (κ1) is 13.6. The number of nitrogen functional groups attached to an aromatic ring is 1. The maximum atomic E-state index is 12.6. The van der Waals surface area contributed by atoms with Crippen LogP contribution in [0.15, 0.2) is 48.5 Å². The van der Waals surface area contributed by atoms with Gasteiger partial charge in [0.25, 0.3) is 5.91 Å². The van der Waals surface area contributed by atoms with Crippen molar-refractivity contribution in [1.29, 1.82) is 0 Å². The van der Waals surface area contributed by atoms with Gasteiger partial charge in [-0.3, -0.25) is 4.79 Å². The third-order valence-corrected chi connectivity index (χ3v) is 4.58. The van der Waals surface area contributed by atoms with Gasteiger partial charge in [0, 0.05) is 23.1 Å². The highest BCUT2D eigenvalue weighted by molar-refractivity contribution is 7.20. The molecule has 2 N–H and O–H groups in total. The van der Waals surface area contributed by atoms with Crippen molar-refractivity contribution < 1.29 is 4.79 Å². The second-order valence-electron chi connectivity index (χ2n) is 5.11. The number of benzene rings is 2. The van der Waals surface area contributed by atoms with Gasteiger partial charge in [0.05, 0.1) is 4.88 Å². The maximum Gasteiger partial charge on any atom is 0.268 e. The number of thiophene rings is 1. The van der Waals surface area contributed by atoms with E-state index in [2.05, 4.69) is 0 Å². The average molecular weight is 296 g/mol. The number of carbonyl (C=O) groups is 1. The topological polar surface area (TPSA) is 46.3 Å². The highest BCUT2D eigenvalue weighted by Crippen LogP contribution is 2.29. The Hall–Kier alpha value is -2.33. The van der Waals surface area contributed by atoms with Crippen molar-refractivity contribution in [1.82, 2.24) is 0 Å². The molecule has 0 aliphatic heterocycles. The summed E-state index contributed by atoms with van der Waals surface area (Å²) in [4.78, 5) is 15.0. The van der Waals surface area contributed by atoms with Crippen molar-refractivity contribution in [3.05, 3.63) is 59.0 Å². The van der Waals surface area contributed by atoms with Gasteiger partial charge >= 0.3 is 0 Å². The van der Waals surface area contributed by atoms with Gasteiger partial charge in [-0.25, -0.2) is 0 Å². The summed E-state index contributed by atoms with van der Waals surface area (Å²) in [6.45, 7) is 2.03. The predicted molar refractivity (Wildman–Crippen MR) is 90.1 cm³/mol. The molecule has 0 saturated heterocycles. The Morgan fingerprint density at radius 2 is 1.81 bits per heavy atom. The van der Waals surface area contributed by atoms with Gasteiger partial charge in [-0.1, -0.05) is 17.7 Å². The summed E-state index contributed by atoms with van der Waals surface area (Å²) in [5.74, 6) is -0.00127. The summed E-state index contributed by atoms with van der Waals surface area (Å²) in [5.41, 5.74) is 8.57. The van der Waals surface area contributed by atoms with Gasteiger partial charge in [0.15, 0.2) is 0 Å². The fourth-order valence-corrected chi connectivity index (χ4v) is 3.24. The second kappa shape index (κ2) is 5.22. The number of hydrogen-bond acceptors (Lipinski definition) is 3. The van der Waals surface area contributed by atoms with Crippen LogP contribution in [0.3, 0.4) is 0 Å². The Morgan fingerprint density at radius 1 is 1.10 bits per heavy atom. The minimum atomic E-state index is -0.00127. The normalized spacial score (nSPS) is 10.8. The van der Waals surface area contributed by atoms with E-state index in [0.717, 1.165) is 20.7 Å². The first-order chi connectivity index (χ1) is 10.0. The molecule has 2 aromatic carbocycles. The predicted octanol–water partition coefficient (Wildman–Crippen LogP) is 4.07. The largest absolute Gasteiger partial charge is 0.399 e. The van der Waals surface area contributed by atoms with Crippen LogP contribution in [0.1, 0.15) is 15.2 Å². The Morgan fingerprint density at radius 3 is 2.52 bits per heavy atom. The first-order valence-electron chi connectivity index (χ1n) is 6.68. The van der Waals surface area contributed by atoms with Gasteiger partial charge in [0.1, 0.15) is 0 Å². The van der Waals surface area contributed by atoms with Crippen LogP contribution in [0.2, 0.25) is 0 Å². The Bertz CT molecular complexity index is 805. The zero-order valence-electron chi connectivity index (χ0n) is 12.0. The summed E-state index contributed by atoms with van der Waals surface area (Å²) >= 11 is 1.49. The number of nitrogens with two attached hydrogens (primary N) is 1. The molecule has 3 nitrogen and oxygen atoms in total. The molecule has 3 aromatic rings. The third kappa shape index (κ3) is 2.62. The summed E-state index contributed by atoms with van der Waals surface area (Å²) in [7, 11) is 1.80. The van der Waals surface area contributed by atoms with Crippen LogP contribution in [0, 0.1) is 6.92 Å². The van der Waals surface area contributed by atoms with E-state index in [1.54, 1.807) is 11.9 Å². The standard InChI is InChI=1S/C17H16N2OS/c1-11-3-6-14(7-4-11)19(2)17(20)16-10-12-9-13(18)5-8-15(12)21-16/h3-10H,18H2,1-2H3. The van der Waals surface area contributed by atoms with E-state index in [1.807, 2.05) is 55.5 Å². The summed E-state index contributed by atoms with van der Waals surface area (Å²) < 4.78 is 1.07. The van der Waals surface area contributed by atoms with Crippen LogP contribution in [0.5, 0.6) is 0 Å². The molecule has 1 heterocycles. The number of amides is 1. The highest BCUT2D eigenvalue weighted by Gasteiger charge is 2.16. The molecule has 0 unspecified atom stereocenters. The number of carbonyl (C=O) groups excluding carboxylic acids is 1. The fourth-order valence-electron chi connectivity index (χ4n) is 2.22. The molecule has 106 valence electrons. The fraction of sp³-hybridized carbons (Fsp3) is 0.118. The molecule has 0 aliphatic rings. The van der Waals surface area contributed by atoms with Crippen LogP contribution in [0.4, 0.5) is 11.4 Å². The lowest BCUT2D eigenvalue weighted by Gasteiger charge is -2.16. The van der Waals surface area contributed by atoms with E-state index < -0.39 is 0 Å². The van der Waals surface area contributed by atoms with Crippen LogP contribution < -0.4 is 10.6 Å². The van der Waals surface area contributed by atoms with Crippen LogP contribution in [0.25, 0.3) is 10.1 Å². The van der Waals surface area contributed by atoms with Crippen LogP contribution in [-0.2, 0) is 0 Å². The Balaban J connectivity index is 1.94. The van der Waals surface area contributed by atoms with Crippen molar-refractivity contribution in [2.24, 2.45) is 0 Å². The monoisotopic (exact) mass is 296 g/mol. The smallest absolute Gasteiger partial charge is 0.268 e. The molecular weight excluding hydrogens is 280 g/mol. The summed E-state index contributed by atoms with van der Waals surface area (Å²) in [6, 6.07) is 15.5. The molecule has 3 rings (SSSR count). The molecular formula is C17H16N2OS. The van der Waals surface area contributed by atoms with E-state index in [0.29, 0.717) is 5.69 Å². The molecule has 1 amide bonds. The minimum absolute atomic E-state index is 0.00127. The first-order valence-corrected chi connectivity index (χ1v) is 7.50. The van der Waals surface area contributed by atoms with Gasteiger partial charge in [0.2, 0.25) is 0 Å². The summed E-state index contributed by atoms with van der Waals surface area (Å²) in [6.07, 6.45) is 0. The number of nitrogens with zero attached hydrogens (tertiary/aromatic N) is 1.